The second-order valence-corrected chi connectivity index (χ2v) is 7.16. The molecule has 0 saturated heterocycles. The van der Waals surface area contributed by atoms with Gasteiger partial charge < -0.3 is 0 Å². The van der Waals surface area contributed by atoms with Crippen molar-refractivity contribution in [3.05, 3.63) is 76.7 Å². The summed E-state index contributed by atoms with van der Waals surface area (Å²) in [6.07, 6.45) is 0. The first-order valence-corrected chi connectivity index (χ1v) is 7.85. The van der Waals surface area contributed by atoms with Crippen LogP contribution in [0, 0.1) is 5.92 Å². The third kappa shape index (κ3) is 3.37. The Morgan fingerprint density at radius 1 is 0.810 bits per heavy atom. The highest BCUT2D eigenvalue weighted by molar-refractivity contribution is 5.53. The smallest absolute Gasteiger partial charge is 0.0315 e. The molecule has 0 aliphatic rings. The first kappa shape index (κ1) is 15.8. The molecule has 0 atom stereocenters. The minimum atomic E-state index is 0.157. The summed E-state index contributed by atoms with van der Waals surface area (Å²) in [6.45, 7) is 13.6. The maximum Gasteiger partial charge on any atom is 0.0315 e. The highest BCUT2D eigenvalue weighted by Crippen LogP contribution is 2.35. The molecule has 1 radical (unpaired) electrons. The van der Waals surface area contributed by atoms with E-state index in [9.17, 15) is 0 Å². The third-order valence-corrected chi connectivity index (χ3v) is 4.13. The fourth-order valence-corrected chi connectivity index (χ4v) is 2.95. The van der Waals surface area contributed by atoms with E-state index in [0.717, 1.165) is 0 Å². The van der Waals surface area contributed by atoms with Crippen LogP contribution in [-0.4, -0.2) is 0 Å². The quantitative estimate of drug-likeness (QED) is 0.637. The highest BCUT2D eigenvalue weighted by atomic mass is 14.3. The Labute approximate surface area is 130 Å². The van der Waals surface area contributed by atoms with Crippen LogP contribution in [0.15, 0.2) is 48.5 Å². The van der Waals surface area contributed by atoms with Gasteiger partial charge in [0, 0.05) is 5.92 Å². The molecule has 0 fully saturated rings. The van der Waals surface area contributed by atoms with Crippen LogP contribution in [0.3, 0.4) is 0 Å². The van der Waals surface area contributed by atoms with Crippen LogP contribution in [-0.2, 0) is 5.41 Å². The summed E-state index contributed by atoms with van der Waals surface area (Å²) in [5.74, 6) is 1.92. The van der Waals surface area contributed by atoms with E-state index < -0.39 is 0 Å². The van der Waals surface area contributed by atoms with Gasteiger partial charge in [0.2, 0.25) is 0 Å². The van der Waals surface area contributed by atoms with E-state index in [1.54, 1.807) is 0 Å². The average molecular weight is 279 g/mol. The standard InChI is InChI=1S/C21H27/c1-15(2)17-11-7-8-12-18(17)16(3)19-13-9-10-14-20(19)21(4,5)6/h7-15H,1-6H3. The van der Waals surface area contributed by atoms with Crippen molar-refractivity contribution < 1.29 is 0 Å². The van der Waals surface area contributed by atoms with Gasteiger partial charge in [0.1, 0.15) is 0 Å². The lowest BCUT2D eigenvalue weighted by atomic mass is 9.77. The number of hydrogen-bond donors (Lipinski definition) is 0. The van der Waals surface area contributed by atoms with Gasteiger partial charge >= 0.3 is 0 Å². The predicted molar refractivity (Wildman–Crippen MR) is 92.8 cm³/mol. The SMILES string of the molecule is C[C](c1ccccc1C(C)C)c1ccccc1C(C)(C)C. The molecule has 111 valence electrons. The van der Waals surface area contributed by atoms with E-state index in [-0.39, 0.29) is 5.41 Å². The minimum Gasteiger partial charge on any atom is -0.0620 e. The minimum absolute atomic E-state index is 0.157. The molecule has 0 aromatic heterocycles. The van der Waals surface area contributed by atoms with E-state index in [0.29, 0.717) is 5.92 Å². The lowest BCUT2D eigenvalue weighted by molar-refractivity contribution is 0.585. The Morgan fingerprint density at radius 3 is 1.90 bits per heavy atom. The van der Waals surface area contributed by atoms with Crippen molar-refractivity contribution in [3.63, 3.8) is 0 Å². The van der Waals surface area contributed by atoms with Crippen LogP contribution in [0.4, 0.5) is 0 Å². The molecule has 0 amide bonds. The van der Waals surface area contributed by atoms with Gasteiger partial charge in [-0.15, -0.1) is 0 Å². The Morgan fingerprint density at radius 2 is 1.33 bits per heavy atom. The molecule has 2 aromatic rings. The predicted octanol–water partition coefficient (Wildman–Crippen LogP) is 6.10. The van der Waals surface area contributed by atoms with Crippen LogP contribution in [0.2, 0.25) is 0 Å². The van der Waals surface area contributed by atoms with Crippen LogP contribution in [0.1, 0.15) is 69.7 Å². The Kier molecular flexibility index (Phi) is 4.56. The van der Waals surface area contributed by atoms with Gasteiger partial charge in [0.05, 0.1) is 0 Å². The highest BCUT2D eigenvalue weighted by Gasteiger charge is 2.23. The van der Waals surface area contributed by atoms with E-state index >= 15 is 0 Å². The molecule has 0 heterocycles. The first-order valence-electron chi connectivity index (χ1n) is 7.85. The summed E-state index contributed by atoms with van der Waals surface area (Å²) in [6, 6.07) is 17.6. The molecule has 0 N–H and O–H groups in total. The largest absolute Gasteiger partial charge is 0.0620 e. The normalized spacial score (nSPS) is 12.2. The molecule has 0 bridgehead atoms. The molecule has 0 nitrogen and oxygen atoms in total. The van der Waals surface area contributed by atoms with Crippen LogP contribution < -0.4 is 0 Å². The van der Waals surface area contributed by atoms with Gasteiger partial charge in [-0.25, -0.2) is 0 Å². The lowest BCUT2D eigenvalue weighted by Gasteiger charge is -2.27. The molecule has 2 rings (SSSR count). The topological polar surface area (TPSA) is 0 Å². The van der Waals surface area contributed by atoms with Crippen molar-refractivity contribution in [2.24, 2.45) is 0 Å². The molecule has 0 saturated carbocycles. The monoisotopic (exact) mass is 279 g/mol. The van der Waals surface area contributed by atoms with E-state index in [4.69, 9.17) is 0 Å². The summed E-state index contributed by atoms with van der Waals surface area (Å²) in [5.41, 5.74) is 5.76. The fourth-order valence-electron chi connectivity index (χ4n) is 2.95. The number of rotatable bonds is 3. The van der Waals surface area contributed by atoms with Crippen molar-refractivity contribution >= 4 is 0 Å². The van der Waals surface area contributed by atoms with Crippen molar-refractivity contribution in [2.75, 3.05) is 0 Å². The Hall–Kier alpha value is -1.56. The van der Waals surface area contributed by atoms with Gasteiger partial charge in [-0.05, 0) is 33.6 Å². The average Bonchev–Trinajstić information content (AvgIpc) is 2.45. The third-order valence-electron chi connectivity index (χ3n) is 4.13. The summed E-state index contributed by atoms with van der Waals surface area (Å²) in [7, 11) is 0. The van der Waals surface area contributed by atoms with E-state index in [1.165, 1.54) is 28.2 Å². The Balaban J connectivity index is 2.54. The van der Waals surface area contributed by atoms with Gasteiger partial charge in [-0.2, -0.15) is 0 Å². The van der Waals surface area contributed by atoms with Crippen molar-refractivity contribution in [3.8, 4) is 0 Å². The van der Waals surface area contributed by atoms with Gasteiger partial charge in [-0.1, -0.05) is 90.1 Å². The molecular weight excluding hydrogens is 252 g/mol. The van der Waals surface area contributed by atoms with Gasteiger partial charge in [-0.3, -0.25) is 0 Å². The zero-order valence-corrected chi connectivity index (χ0v) is 14.2. The van der Waals surface area contributed by atoms with Crippen LogP contribution >= 0.6 is 0 Å². The van der Waals surface area contributed by atoms with E-state index in [2.05, 4.69) is 90.1 Å². The molecule has 2 aromatic carbocycles. The number of benzene rings is 2. The Bertz CT molecular complexity index is 599. The molecular formula is C21H27. The fraction of sp³-hybridized carbons (Fsp3) is 0.381. The summed E-state index contributed by atoms with van der Waals surface area (Å²) < 4.78 is 0. The molecule has 0 aliphatic heterocycles. The summed E-state index contributed by atoms with van der Waals surface area (Å²) in [5, 5.41) is 0. The van der Waals surface area contributed by atoms with Crippen molar-refractivity contribution in [1.82, 2.24) is 0 Å². The molecule has 21 heavy (non-hydrogen) atoms. The summed E-state index contributed by atoms with van der Waals surface area (Å²) in [4.78, 5) is 0. The van der Waals surface area contributed by atoms with E-state index in [1.807, 2.05) is 0 Å². The molecule has 0 unspecified atom stereocenters. The van der Waals surface area contributed by atoms with Gasteiger partial charge in [0.25, 0.3) is 0 Å². The second-order valence-electron chi connectivity index (χ2n) is 7.16. The first-order chi connectivity index (χ1) is 9.82. The maximum atomic E-state index is 2.29. The maximum absolute atomic E-state index is 2.29. The van der Waals surface area contributed by atoms with Gasteiger partial charge in [0.15, 0.2) is 0 Å². The van der Waals surface area contributed by atoms with Crippen LogP contribution in [0.25, 0.3) is 0 Å². The summed E-state index contributed by atoms with van der Waals surface area (Å²) >= 11 is 0. The van der Waals surface area contributed by atoms with Crippen molar-refractivity contribution in [1.29, 1.82) is 0 Å². The zero-order chi connectivity index (χ0) is 15.6. The zero-order valence-electron chi connectivity index (χ0n) is 14.2. The molecule has 0 aliphatic carbocycles. The lowest BCUT2D eigenvalue weighted by Crippen LogP contribution is -2.16. The molecule has 0 spiro atoms. The second kappa shape index (κ2) is 6.05. The van der Waals surface area contributed by atoms with Crippen LogP contribution in [0.5, 0.6) is 0 Å². The molecule has 0 heteroatoms. The van der Waals surface area contributed by atoms with Crippen molar-refractivity contribution in [2.45, 2.75) is 52.9 Å². The number of hydrogen-bond acceptors (Lipinski definition) is 0.